The first-order chi connectivity index (χ1) is 8.61. The second-order valence-corrected chi connectivity index (χ2v) is 4.34. The van der Waals surface area contributed by atoms with E-state index in [-0.39, 0.29) is 21.7 Å². The van der Waals surface area contributed by atoms with Crippen molar-refractivity contribution in [2.45, 2.75) is 13.3 Å². The highest BCUT2D eigenvalue weighted by atomic mass is 35.5. The van der Waals surface area contributed by atoms with Gasteiger partial charge in [-0.05, 0) is 12.1 Å². The molecule has 2 aromatic rings. The van der Waals surface area contributed by atoms with E-state index in [0.29, 0.717) is 5.69 Å². The maximum absolute atomic E-state index is 11.9. The monoisotopic (exact) mass is 284 g/mol. The second kappa shape index (κ2) is 5.42. The number of halogens is 2. The van der Waals surface area contributed by atoms with Crippen molar-refractivity contribution in [2.24, 2.45) is 0 Å². The summed E-state index contributed by atoms with van der Waals surface area (Å²) in [4.78, 5) is 15.7. The molecule has 1 N–H and O–H groups in total. The molecule has 2 aromatic heterocycles. The quantitative estimate of drug-likeness (QED) is 0.933. The van der Waals surface area contributed by atoms with Crippen LogP contribution in [0.5, 0.6) is 0 Å². The number of carbonyl (C=O) groups is 1. The normalized spacial score (nSPS) is 10.4. The van der Waals surface area contributed by atoms with Crippen LogP contribution >= 0.6 is 23.2 Å². The predicted octanol–water partition coefficient (Wildman–Crippen LogP) is 3.80. The van der Waals surface area contributed by atoms with Gasteiger partial charge in [-0.3, -0.25) is 9.78 Å². The van der Waals surface area contributed by atoms with E-state index in [4.69, 9.17) is 27.6 Å². The fraction of sp³-hybridized carbons (Fsp3) is 0.167. The van der Waals surface area contributed by atoms with Crippen LogP contribution in [0.25, 0.3) is 0 Å². The Morgan fingerprint density at radius 2 is 2.17 bits per heavy atom. The number of nitrogens with one attached hydrogen (secondary N) is 1. The standard InChI is InChI=1S/C12H10Cl2N2O2/c1-2-7-3-4-10(18-7)12(17)16-9-6-15-5-8(13)11(9)14/h3-6H,2H2,1H3,(H,16,17). The van der Waals surface area contributed by atoms with Crippen molar-refractivity contribution in [3.05, 3.63) is 46.1 Å². The molecule has 0 aliphatic heterocycles. The first-order valence-electron chi connectivity index (χ1n) is 5.31. The summed E-state index contributed by atoms with van der Waals surface area (Å²) in [6, 6.07) is 3.37. The van der Waals surface area contributed by atoms with Gasteiger partial charge < -0.3 is 9.73 Å². The Kier molecular flexibility index (Phi) is 3.89. The molecule has 1 amide bonds. The third-order valence-electron chi connectivity index (χ3n) is 2.32. The van der Waals surface area contributed by atoms with E-state index in [2.05, 4.69) is 10.3 Å². The lowest BCUT2D eigenvalue weighted by Crippen LogP contribution is -2.11. The van der Waals surface area contributed by atoms with Crippen molar-refractivity contribution in [3.8, 4) is 0 Å². The molecule has 18 heavy (non-hydrogen) atoms. The smallest absolute Gasteiger partial charge is 0.291 e. The van der Waals surface area contributed by atoms with E-state index in [0.717, 1.165) is 12.2 Å². The van der Waals surface area contributed by atoms with Crippen LogP contribution in [0.15, 0.2) is 28.9 Å². The van der Waals surface area contributed by atoms with Gasteiger partial charge >= 0.3 is 0 Å². The molecule has 2 heterocycles. The van der Waals surface area contributed by atoms with Gasteiger partial charge in [0.05, 0.1) is 21.9 Å². The Morgan fingerprint density at radius 3 is 2.83 bits per heavy atom. The second-order valence-electron chi connectivity index (χ2n) is 3.56. The molecule has 0 aliphatic carbocycles. The van der Waals surface area contributed by atoms with Crippen LogP contribution in [0, 0.1) is 0 Å². The van der Waals surface area contributed by atoms with Crippen molar-refractivity contribution in [1.82, 2.24) is 4.98 Å². The van der Waals surface area contributed by atoms with Crippen LogP contribution in [-0.4, -0.2) is 10.9 Å². The van der Waals surface area contributed by atoms with Crippen molar-refractivity contribution < 1.29 is 9.21 Å². The molecule has 6 heteroatoms. The first-order valence-corrected chi connectivity index (χ1v) is 6.06. The highest BCUT2D eigenvalue weighted by Crippen LogP contribution is 2.28. The maximum atomic E-state index is 11.9. The number of aromatic nitrogens is 1. The SMILES string of the molecule is CCc1ccc(C(=O)Nc2cncc(Cl)c2Cl)o1. The summed E-state index contributed by atoms with van der Waals surface area (Å²) < 4.78 is 5.33. The lowest BCUT2D eigenvalue weighted by Gasteiger charge is -2.05. The fourth-order valence-electron chi connectivity index (χ4n) is 1.38. The zero-order chi connectivity index (χ0) is 13.1. The van der Waals surface area contributed by atoms with E-state index >= 15 is 0 Å². The third-order valence-corrected chi connectivity index (χ3v) is 3.11. The van der Waals surface area contributed by atoms with Crippen LogP contribution in [0.1, 0.15) is 23.2 Å². The van der Waals surface area contributed by atoms with Crippen molar-refractivity contribution >= 4 is 34.8 Å². The molecule has 2 rings (SSSR count). The molecule has 0 radical (unpaired) electrons. The molecule has 0 aliphatic rings. The largest absolute Gasteiger partial charge is 0.456 e. The first kappa shape index (κ1) is 12.9. The lowest BCUT2D eigenvalue weighted by atomic mass is 10.3. The van der Waals surface area contributed by atoms with Gasteiger partial charge in [-0.15, -0.1) is 0 Å². The number of rotatable bonds is 3. The van der Waals surface area contributed by atoms with Gasteiger partial charge in [0.2, 0.25) is 0 Å². The minimum Gasteiger partial charge on any atom is -0.456 e. The molecule has 0 atom stereocenters. The summed E-state index contributed by atoms with van der Waals surface area (Å²) in [6.07, 6.45) is 3.56. The lowest BCUT2D eigenvalue weighted by molar-refractivity contribution is 0.0995. The number of nitrogens with zero attached hydrogens (tertiary/aromatic N) is 1. The molecule has 0 aromatic carbocycles. The molecular weight excluding hydrogens is 275 g/mol. The molecule has 0 bridgehead atoms. The van der Waals surface area contributed by atoms with E-state index in [1.165, 1.54) is 12.4 Å². The Morgan fingerprint density at radius 1 is 1.39 bits per heavy atom. The van der Waals surface area contributed by atoms with Gasteiger partial charge in [0.15, 0.2) is 5.76 Å². The Hall–Kier alpha value is -1.52. The fourth-order valence-corrected chi connectivity index (χ4v) is 1.68. The number of anilines is 1. The predicted molar refractivity (Wildman–Crippen MR) is 70.3 cm³/mol. The molecule has 0 spiro atoms. The van der Waals surface area contributed by atoms with Gasteiger partial charge in [0, 0.05) is 12.6 Å². The topological polar surface area (TPSA) is 55.1 Å². The number of aryl methyl sites for hydroxylation is 1. The summed E-state index contributed by atoms with van der Waals surface area (Å²) >= 11 is 11.7. The third kappa shape index (κ3) is 2.66. The summed E-state index contributed by atoms with van der Waals surface area (Å²) in [5.41, 5.74) is 0.351. The van der Waals surface area contributed by atoms with Gasteiger partial charge in [0.1, 0.15) is 5.76 Å². The summed E-state index contributed by atoms with van der Waals surface area (Å²) in [5, 5.41) is 3.13. The molecule has 0 fully saturated rings. The Labute approximate surface area is 114 Å². The minimum atomic E-state index is -0.388. The average Bonchev–Trinajstić information content (AvgIpc) is 2.83. The molecular formula is C12H10Cl2N2O2. The van der Waals surface area contributed by atoms with Crippen molar-refractivity contribution in [3.63, 3.8) is 0 Å². The molecule has 4 nitrogen and oxygen atoms in total. The van der Waals surface area contributed by atoms with Crippen LogP contribution in [0.4, 0.5) is 5.69 Å². The summed E-state index contributed by atoms with van der Waals surface area (Å²) in [6.45, 7) is 1.94. The summed E-state index contributed by atoms with van der Waals surface area (Å²) in [5.74, 6) is 0.582. The number of amides is 1. The zero-order valence-corrected chi connectivity index (χ0v) is 11.0. The van der Waals surface area contributed by atoms with E-state index < -0.39 is 0 Å². The van der Waals surface area contributed by atoms with E-state index in [1.54, 1.807) is 12.1 Å². The number of pyridine rings is 1. The highest BCUT2D eigenvalue weighted by molar-refractivity contribution is 6.43. The van der Waals surface area contributed by atoms with Crippen LogP contribution in [-0.2, 0) is 6.42 Å². The highest BCUT2D eigenvalue weighted by Gasteiger charge is 2.13. The van der Waals surface area contributed by atoms with Crippen molar-refractivity contribution in [1.29, 1.82) is 0 Å². The summed E-state index contributed by atoms with van der Waals surface area (Å²) in [7, 11) is 0. The number of carbonyl (C=O) groups excluding carboxylic acids is 1. The van der Waals surface area contributed by atoms with Crippen LogP contribution in [0.3, 0.4) is 0 Å². The molecule has 94 valence electrons. The van der Waals surface area contributed by atoms with Crippen LogP contribution < -0.4 is 5.32 Å². The van der Waals surface area contributed by atoms with Gasteiger partial charge in [-0.25, -0.2) is 0 Å². The number of furan rings is 1. The molecule has 0 saturated heterocycles. The van der Waals surface area contributed by atoms with Gasteiger partial charge in [-0.1, -0.05) is 30.1 Å². The Balaban J connectivity index is 2.18. The van der Waals surface area contributed by atoms with Crippen LogP contribution in [0.2, 0.25) is 10.0 Å². The molecule has 0 saturated carbocycles. The number of hydrogen-bond donors (Lipinski definition) is 1. The average molecular weight is 285 g/mol. The van der Waals surface area contributed by atoms with E-state index in [1.807, 2.05) is 6.92 Å². The number of hydrogen-bond acceptors (Lipinski definition) is 3. The maximum Gasteiger partial charge on any atom is 0.291 e. The Bertz CT molecular complexity index is 581. The minimum absolute atomic E-state index is 0.225. The van der Waals surface area contributed by atoms with E-state index in [9.17, 15) is 4.79 Å². The van der Waals surface area contributed by atoms with Crippen molar-refractivity contribution in [2.75, 3.05) is 5.32 Å². The zero-order valence-electron chi connectivity index (χ0n) is 9.54. The van der Waals surface area contributed by atoms with Gasteiger partial charge in [-0.2, -0.15) is 0 Å². The van der Waals surface area contributed by atoms with Gasteiger partial charge in [0.25, 0.3) is 5.91 Å². The molecule has 0 unspecified atom stereocenters.